The summed E-state index contributed by atoms with van der Waals surface area (Å²) in [5.74, 6) is 0. The highest BCUT2D eigenvalue weighted by atomic mass is 32.2. The summed E-state index contributed by atoms with van der Waals surface area (Å²) >= 11 is 1.49. The number of nitrogens with one attached hydrogen (secondary N) is 1. The maximum Gasteiger partial charge on any atom is 0.200 e. The minimum absolute atomic E-state index is 0.406. The lowest BCUT2D eigenvalue weighted by Crippen LogP contribution is -2.30. The highest BCUT2D eigenvalue weighted by Crippen LogP contribution is 2.40. The Morgan fingerprint density at radius 1 is 1.19 bits per heavy atom. The SMILES string of the molecule is [C-]#[N+]c1ccccc1Sc1cc(-c2cnn(C3CCNCC3)c2C)cn2ncc(C#N)c12. The van der Waals surface area contributed by atoms with E-state index < -0.39 is 0 Å². The number of para-hydroxylation sites is 1. The summed E-state index contributed by atoms with van der Waals surface area (Å²) in [6.45, 7) is 11.6. The lowest BCUT2D eigenvalue weighted by molar-refractivity contribution is 0.338. The third kappa shape index (κ3) is 3.54. The minimum atomic E-state index is 0.406. The summed E-state index contributed by atoms with van der Waals surface area (Å²) in [5, 5.41) is 22.2. The van der Waals surface area contributed by atoms with Crippen molar-refractivity contribution >= 4 is 23.0 Å². The summed E-state index contributed by atoms with van der Waals surface area (Å²) in [6, 6.07) is 12.3. The first-order valence-electron chi connectivity index (χ1n) is 10.5. The molecule has 1 aliphatic heterocycles. The van der Waals surface area contributed by atoms with E-state index in [-0.39, 0.29) is 0 Å². The summed E-state index contributed by atoms with van der Waals surface area (Å²) in [5.41, 5.74) is 5.03. The monoisotopic (exact) mass is 439 g/mol. The van der Waals surface area contributed by atoms with E-state index in [4.69, 9.17) is 11.7 Å². The lowest BCUT2D eigenvalue weighted by Gasteiger charge is -2.24. The Labute approximate surface area is 190 Å². The summed E-state index contributed by atoms with van der Waals surface area (Å²) < 4.78 is 3.91. The first-order chi connectivity index (χ1) is 15.7. The summed E-state index contributed by atoms with van der Waals surface area (Å²) in [6.07, 6.45) is 7.61. The van der Waals surface area contributed by atoms with Crippen LogP contribution in [0, 0.1) is 24.8 Å². The van der Waals surface area contributed by atoms with Crippen molar-refractivity contribution < 1.29 is 0 Å². The van der Waals surface area contributed by atoms with Gasteiger partial charge in [0.25, 0.3) is 0 Å². The number of piperidine rings is 1. The molecular weight excluding hydrogens is 418 g/mol. The van der Waals surface area contributed by atoms with Gasteiger partial charge < -0.3 is 5.32 Å². The van der Waals surface area contributed by atoms with E-state index in [9.17, 15) is 5.26 Å². The molecule has 1 fully saturated rings. The van der Waals surface area contributed by atoms with Gasteiger partial charge in [-0.1, -0.05) is 36.0 Å². The Balaban J connectivity index is 1.62. The molecule has 0 amide bonds. The van der Waals surface area contributed by atoms with Gasteiger partial charge in [0.1, 0.15) is 6.07 Å². The van der Waals surface area contributed by atoms with Gasteiger partial charge in [0.05, 0.1) is 36.1 Å². The van der Waals surface area contributed by atoms with Gasteiger partial charge in [0.15, 0.2) is 0 Å². The number of hydrogen-bond donors (Lipinski definition) is 1. The van der Waals surface area contributed by atoms with Gasteiger partial charge in [-0.05, 0) is 38.9 Å². The summed E-state index contributed by atoms with van der Waals surface area (Å²) in [7, 11) is 0. The molecule has 0 bridgehead atoms. The Morgan fingerprint density at radius 3 is 2.78 bits per heavy atom. The molecule has 4 aromatic rings. The average molecular weight is 440 g/mol. The quantitative estimate of drug-likeness (QED) is 0.453. The van der Waals surface area contributed by atoms with E-state index in [0.717, 1.165) is 58.1 Å². The van der Waals surface area contributed by atoms with E-state index >= 15 is 0 Å². The van der Waals surface area contributed by atoms with Crippen LogP contribution < -0.4 is 5.32 Å². The highest BCUT2D eigenvalue weighted by molar-refractivity contribution is 7.99. The normalized spacial score (nSPS) is 14.3. The number of benzene rings is 1. The Bertz CT molecular complexity index is 1380. The maximum atomic E-state index is 9.61. The van der Waals surface area contributed by atoms with Gasteiger partial charge in [-0.25, -0.2) is 9.36 Å². The molecule has 158 valence electrons. The van der Waals surface area contributed by atoms with E-state index in [1.165, 1.54) is 11.8 Å². The van der Waals surface area contributed by atoms with Gasteiger partial charge in [0.2, 0.25) is 5.69 Å². The van der Waals surface area contributed by atoms with Gasteiger partial charge in [-0.3, -0.25) is 4.68 Å². The molecule has 1 N–H and O–H groups in total. The Morgan fingerprint density at radius 2 is 2.00 bits per heavy atom. The fourth-order valence-corrected chi connectivity index (χ4v) is 5.36. The molecule has 8 heteroatoms. The van der Waals surface area contributed by atoms with Gasteiger partial charge >= 0.3 is 0 Å². The number of nitrogens with zero attached hydrogens (tertiary/aromatic N) is 6. The number of fused-ring (bicyclic) bond motifs is 1. The molecule has 0 radical (unpaired) electrons. The molecule has 0 unspecified atom stereocenters. The van der Waals surface area contributed by atoms with Gasteiger partial charge in [-0.15, -0.1) is 0 Å². The van der Waals surface area contributed by atoms with Crippen LogP contribution in [0.2, 0.25) is 0 Å². The van der Waals surface area contributed by atoms with Crippen molar-refractivity contribution in [3.8, 4) is 17.2 Å². The predicted octanol–water partition coefficient (Wildman–Crippen LogP) is 5.00. The fraction of sp³-hybridized carbons (Fsp3) is 0.250. The zero-order valence-electron chi connectivity index (χ0n) is 17.6. The third-order valence-electron chi connectivity index (χ3n) is 5.91. The smallest absolute Gasteiger partial charge is 0.200 e. The van der Waals surface area contributed by atoms with Crippen molar-refractivity contribution in [1.29, 1.82) is 5.26 Å². The molecule has 0 aliphatic carbocycles. The summed E-state index contributed by atoms with van der Waals surface area (Å²) in [4.78, 5) is 5.40. The standard InChI is InChI=1S/C24H21N7S/c1-16-20(14-29-31(16)19-7-9-27-10-8-19)17-11-23(24-18(12-25)13-28-30(24)15-17)32-22-6-4-3-5-21(22)26-2/h3-6,11,13-15,19,27H,7-10H2,1H3. The van der Waals surface area contributed by atoms with Crippen molar-refractivity contribution in [2.45, 2.75) is 35.6 Å². The van der Waals surface area contributed by atoms with Crippen LogP contribution in [0.4, 0.5) is 5.69 Å². The van der Waals surface area contributed by atoms with Gasteiger partial charge in [0, 0.05) is 32.8 Å². The van der Waals surface area contributed by atoms with Crippen molar-refractivity contribution in [2.75, 3.05) is 13.1 Å². The minimum Gasteiger partial charge on any atom is -0.317 e. The topological polar surface area (TPSA) is 75.3 Å². The molecule has 1 saturated heterocycles. The van der Waals surface area contributed by atoms with Crippen molar-refractivity contribution in [3.05, 3.63) is 71.6 Å². The number of pyridine rings is 1. The molecular formula is C24H21N7S. The first-order valence-corrected chi connectivity index (χ1v) is 11.3. The van der Waals surface area contributed by atoms with Crippen LogP contribution >= 0.6 is 11.8 Å². The second-order valence-corrected chi connectivity index (χ2v) is 8.89. The largest absolute Gasteiger partial charge is 0.317 e. The molecule has 4 heterocycles. The predicted molar refractivity (Wildman–Crippen MR) is 124 cm³/mol. The van der Waals surface area contributed by atoms with E-state index in [2.05, 4.69) is 39.0 Å². The molecule has 5 rings (SSSR count). The van der Waals surface area contributed by atoms with Gasteiger partial charge in [-0.2, -0.15) is 15.5 Å². The van der Waals surface area contributed by atoms with Crippen LogP contribution in [0.5, 0.6) is 0 Å². The van der Waals surface area contributed by atoms with E-state index in [1.54, 1.807) is 10.7 Å². The molecule has 0 atom stereocenters. The zero-order chi connectivity index (χ0) is 22.1. The fourth-order valence-electron chi connectivity index (χ4n) is 4.27. The number of rotatable bonds is 4. The van der Waals surface area contributed by atoms with E-state index in [1.807, 2.05) is 36.7 Å². The van der Waals surface area contributed by atoms with Crippen molar-refractivity contribution in [1.82, 2.24) is 24.7 Å². The van der Waals surface area contributed by atoms with Crippen LogP contribution in [-0.2, 0) is 0 Å². The van der Waals surface area contributed by atoms with Crippen molar-refractivity contribution in [3.63, 3.8) is 0 Å². The van der Waals surface area contributed by atoms with Crippen molar-refractivity contribution in [2.24, 2.45) is 0 Å². The van der Waals surface area contributed by atoms with E-state index in [0.29, 0.717) is 17.3 Å². The first kappa shape index (κ1) is 20.3. The second-order valence-electron chi connectivity index (χ2n) is 7.81. The van der Waals surface area contributed by atoms with Crippen LogP contribution in [-0.4, -0.2) is 32.5 Å². The number of hydrogen-bond acceptors (Lipinski definition) is 5. The third-order valence-corrected chi connectivity index (χ3v) is 7.01. The Hall–Kier alpha value is -3.59. The molecule has 1 aliphatic rings. The van der Waals surface area contributed by atoms with Crippen LogP contribution in [0.1, 0.15) is 30.1 Å². The maximum absolute atomic E-state index is 9.61. The highest BCUT2D eigenvalue weighted by Gasteiger charge is 2.21. The zero-order valence-corrected chi connectivity index (χ0v) is 18.4. The van der Waals surface area contributed by atoms with Crippen LogP contribution in [0.25, 0.3) is 21.5 Å². The number of aromatic nitrogens is 4. The number of nitriles is 1. The second kappa shape index (κ2) is 8.51. The lowest BCUT2D eigenvalue weighted by atomic mass is 10.1. The molecule has 0 spiro atoms. The average Bonchev–Trinajstić information content (AvgIpc) is 3.43. The molecule has 0 saturated carbocycles. The van der Waals surface area contributed by atoms with Crippen LogP contribution in [0.3, 0.4) is 0 Å². The molecule has 1 aromatic carbocycles. The Kier molecular flexibility index (Phi) is 5.40. The molecule has 3 aromatic heterocycles. The molecule has 32 heavy (non-hydrogen) atoms. The van der Waals surface area contributed by atoms with Crippen LogP contribution in [0.15, 0.2) is 58.7 Å². The molecule has 7 nitrogen and oxygen atoms in total.